The Morgan fingerprint density at radius 2 is 2.08 bits per heavy atom. The second-order valence-electron chi connectivity index (χ2n) is 6.84. The predicted octanol–water partition coefficient (Wildman–Crippen LogP) is 2.06. The third-order valence-corrected chi connectivity index (χ3v) is 5.19. The van der Waals surface area contributed by atoms with E-state index < -0.39 is 0 Å². The lowest BCUT2D eigenvalue weighted by Crippen LogP contribution is -2.48. The molecule has 0 saturated heterocycles. The SMILES string of the molecule is C=C(C1=C(N)N(C)CC(Cl)N1)C1C=CC=C(NC2CCCCC2)N1. The van der Waals surface area contributed by atoms with E-state index in [-0.39, 0.29) is 11.5 Å². The summed E-state index contributed by atoms with van der Waals surface area (Å²) in [5.41, 5.74) is 7.77. The molecule has 5 nitrogen and oxygen atoms in total. The number of nitrogens with two attached hydrogens (primary N) is 1. The van der Waals surface area contributed by atoms with E-state index in [2.05, 4.69) is 40.8 Å². The van der Waals surface area contributed by atoms with E-state index in [1.807, 2.05) is 11.9 Å². The minimum Gasteiger partial charge on any atom is -0.384 e. The number of nitrogens with zero attached hydrogens (tertiary/aromatic N) is 1. The normalized spacial score (nSPS) is 28.1. The maximum absolute atomic E-state index is 6.27. The van der Waals surface area contributed by atoms with Crippen LogP contribution in [0, 0.1) is 0 Å². The topological polar surface area (TPSA) is 65.3 Å². The van der Waals surface area contributed by atoms with Gasteiger partial charge in [-0.25, -0.2) is 0 Å². The molecule has 1 fully saturated rings. The highest BCUT2D eigenvalue weighted by molar-refractivity contribution is 6.20. The Bertz CT molecular complexity index is 574. The Labute approximate surface area is 149 Å². The molecule has 2 heterocycles. The summed E-state index contributed by atoms with van der Waals surface area (Å²) in [7, 11) is 1.94. The van der Waals surface area contributed by atoms with Crippen LogP contribution in [0.5, 0.6) is 0 Å². The lowest BCUT2D eigenvalue weighted by Gasteiger charge is -2.35. The van der Waals surface area contributed by atoms with Crippen LogP contribution >= 0.6 is 11.6 Å². The van der Waals surface area contributed by atoms with Crippen LogP contribution in [0.2, 0.25) is 0 Å². The zero-order chi connectivity index (χ0) is 17.1. The van der Waals surface area contributed by atoms with E-state index >= 15 is 0 Å². The molecule has 0 radical (unpaired) electrons. The Hall–Kier alpha value is -1.75. The van der Waals surface area contributed by atoms with Gasteiger partial charge in [-0.05, 0) is 24.5 Å². The second-order valence-corrected chi connectivity index (χ2v) is 7.37. The largest absolute Gasteiger partial charge is 0.384 e. The van der Waals surface area contributed by atoms with Crippen molar-refractivity contribution in [3.63, 3.8) is 0 Å². The molecule has 2 unspecified atom stereocenters. The molecule has 0 aromatic carbocycles. The maximum atomic E-state index is 6.27. The summed E-state index contributed by atoms with van der Waals surface area (Å²) in [6.45, 7) is 4.92. The van der Waals surface area contributed by atoms with Crippen molar-refractivity contribution < 1.29 is 0 Å². The molecule has 1 aliphatic carbocycles. The quantitative estimate of drug-likeness (QED) is 0.462. The molecule has 5 N–H and O–H groups in total. The lowest BCUT2D eigenvalue weighted by atomic mass is 9.95. The van der Waals surface area contributed by atoms with E-state index in [4.69, 9.17) is 17.3 Å². The number of hydrogen-bond acceptors (Lipinski definition) is 5. The molecule has 132 valence electrons. The third-order valence-electron chi connectivity index (χ3n) is 4.94. The maximum Gasteiger partial charge on any atom is 0.123 e. The van der Waals surface area contributed by atoms with Crippen molar-refractivity contribution in [3.05, 3.63) is 47.7 Å². The second kappa shape index (κ2) is 7.43. The molecule has 2 atom stereocenters. The summed E-state index contributed by atoms with van der Waals surface area (Å²) in [5, 5.41) is 10.4. The predicted molar refractivity (Wildman–Crippen MR) is 99.9 cm³/mol. The van der Waals surface area contributed by atoms with Crippen molar-refractivity contribution in [1.82, 2.24) is 20.9 Å². The Kier molecular flexibility index (Phi) is 5.29. The molecule has 6 heteroatoms. The number of nitrogens with one attached hydrogen (secondary N) is 3. The van der Waals surface area contributed by atoms with Crippen molar-refractivity contribution in [2.45, 2.75) is 49.7 Å². The minimum absolute atomic E-state index is 0.00231. The number of allylic oxidation sites excluding steroid dienone is 2. The first-order valence-electron chi connectivity index (χ1n) is 8.77. The third kappa shape index (κ3) is 3.83. The molecular weight excluding hydrogens is 322 g/mol. The van der Waals surface area contributed by atoms with Crippen LogP contribution in [0.3, 0.4) is 0 Å². The molecule has 0 aromatic rings. The van der Waals surface area contributed by atoms with Crippen molar-refractivity contribution in [2.24, 2.45) is 5.73 Å². The van der Waals surface area contributed by atoms with Gasteiger partial charge in [0.1, 0.15) is 11.3 Å². The average Bonchev–Trinajstić information content (AvgIpc) is 2.58. The number of halogens is 1. The van der Waals surface area contributed by atoms with Gasteiger partial charge >= 0.3 is 0 Å². The highest BCUT2D eigenvalue weighted by Gasteiger charge is 2.26. The molecule has 24 heavy (non-hydrogen) atoms. The van der Waals surface area contributed by atoms with Crippen molar-refractivity contribution in [2.75, 3.05) is 13.6 Å². The summed E-state index contributed by atoms with van der Waals surface area (Å²) < 4.78 is 0. The summed E-state index contributed by atoms with van der Waals surface area (Å²) in [4.78, 5) is 1.96. The first-order chi connectivity index (χ1) is 11.5. The van der Waals surface area contributed by atoms with Crippen LogP contribution in [0.4, 0.5) is 0 Å². The standard InChI is InChI=1S/C18H28ClN5/c1-12(17-18(20)24(2)11-15(19)23-17)14-9-6-10-16(22-14)21-13-7-4-3-5-8-13/h6,9-10,13-15,21-23H,1,3-5,7-8,11,20H2,2H3. The molecule has 0 aromatic heterocycles. The van der Waals surface area contributed by atoms with Crippen LogP contribution in [-0.2, 0) is 0 Å². The van der Waals surface area contributed by atoms with Gasteiger partial charge in [0.15, 0.2) is 0 Å². The van der Waals surface area contributed by atoms with Gasteiger partial charge in [0.05, 0.1) is 24.1 Å². The van der Waals surface area contributed by atoms with Gasteiger partial charge in [0, 0.05) is 13.1 Å². The van der Waals surface area contributed by atoms with Gasteiger partial charge in [-0.3, -0.25) is 0 Å². The van der Waals surface area contributed by atoms with Gasteiger partial charge < -0.3 is 26.6 Å². The molecule has 3 aliphatic rings. The summed E-state index contributed by atoms with van der Waals surface area (Å²) in [6, 6.07) is 0.561. The van der Waals surface area contributed by atoms with E-state index in [1.54, 1.807) is 0 Å². The minimum atomic E-state index is -0.169. The molecule has 1 saturated carbocycles. The summed E-state index contributed by atoms with van der Waals surface area (Å²) >= 11 is 6.27. The zero-order valence-electron chi connectivity index (χ0n) is 14.3. The van der Waals surface area contributed by atoms with Crippen LogP contribution < -0.4 is 21.7 Å². The monoisotopic (exact) mass is 349 g/mol. The molecule has 3 rings (SSSR count). The number of rotatable bonds is 4. The van der Waals surface area contributed by atoms with Crippen molar-refractivity contribution in [3.8, 4) is 0 Å². The fourth-order valence-corrected chi connectivity index (χ4v) is 3.82. The number of dihydropyridines is 1. The van der Waals surface area contributed by atoms with E-state index in [0.29, 0.717) is 18.4 Å². The summed E-state index contributed by atoms with van der Waals surface area (Å²) in [6.07, 6.45) is 12.7. The fraction of sp³-hybridized carbons (Fsp3) is 0.556. The van der Waals surface area contributed by atoms with Crippen molar-refractivity contribution in [1.29, 1.82) is 0 Å². The number of likely N-dealkylation sites (N-methyl/N-ethyl adjacent to an activating group) is 1. The molecule has 2 aliphatic heterocycles. The highest BCUT2D eigenvalue weighted by atomic mass is 35.5. The van der Waals surface area contributed by atoms with E-state index in [9.17, 15) is 0 Å². The van der Waals surface area contributed by atoms with Crippen LogP contribution in [0.1, 0.15) is 32.1 Å². The van der Waals surface area contributed by atoms with Crippen LogP contribution in [-0.4, -0.2) is 36.1 Å². The Morgan fingerprint density at radius 1 is 1.33 bits per heavy atom. The molecule has 0 bridgehead atoms. The Balaban J connectivity index is 1.65. The number of alkyl halides is 1. The Morgan fingerprint density at radius 3 is 2.83 bits per heavy atom. The van der Waals surface area contributed by atoms with Gasteiger partial charge in [0.2, 0.25) is 0 Å². The van der Waals surface area contributed by atoms with Crippen LogP contribution in [0.15, 0.2) is 47.7 Å². The van der Waals surface area contributed by atoms with Gasteiger partial charge in [-0.2, -0.15) is 0 Å². The van der Waals surface area contributed by atoms with Crippen LogP contribution in [0.25, 0.3) is 0 Å². The lowest BCUT2D eigenvalue weighted by molar-refractivity contribution is 0.359. The molecular formula is C18H28ClN5. The average molecular weight is 350 g/mol. The van der Waals surface area contributed by atoms with E-state index in [0.717, 1.165) is 17.1 Å². The summed E-state index contributed by atoms with van der Waals surface area (Å²) in [5.74, 6) is 1.74. The molecule has 0 amide bonds. The highest BCUT2D eigenvalue weighted by Crippen LogP contribution is 2.23. The fourth-order valence-electron chi connectivity index (χ4n) is 3.51. The smallest absolute Gasteiger partial charge is 0.123 e. The van der Waals surface area contributed by atoms with Crippen molar-refractivity contribution >= 4 is 11.6 Å². The van der Waals surface area contributed by atoms with Gasteiger partial charge in [-0.15, -0.1) is 0 Å². The number of hydrogen-bond donors (Lipinski definition) is 4. The van der Waals surface area contributed by atoms with Gasteiger partial charge in [0.25, 0.3) is 0 Å². The first-order valence-corrected chi connectivity index (χ1v) is 9.20. The first kappa shape index (κ1) is 17.1. The molecule has 0 spiro atoms. The van der Waals surface area contributed by atoms with E-state index in [1.165, 1.54) is 32.1 Å². The zero-order valence-corrected chi connectivity index (χ0v) is 15.1. The van der Waals surface area contributed by atoms with Gasteiger partial charge in [-0.1, -0.05) is 49.6 Å².